The number of rotatable bonds is 16. The number of imidazole rings is 5. The number of benzene rings is 1. The zero-order valence-corrected chi connectivity index (χ0v) is 61.0. The summed E-state index contributed by atoms with van der Waals surface area (Å²) in [7, 11) is 0. The number of thiazole rings is 1. The van der Waals surface area contributed by atoms with Gasteiger partial charge in [0.1, 0.15) is 37.8 Å². The van der Waals surface area contributed by atoms with Crippen molar-refractivity contribution in [2.24, 2.45) is 5.41 Å². The molecular formula is C67H73Cl3F3N19O9S. The maximum absolute atomic E-state index is 12.7. The fraction of sp³-hybridized carbons (Fsp3) is 0.343. The van der Waals surface area contributed by atoms with Crippen molar-refractivity contribution in [3.63, 3.8) is 0 Å². The Hall–Kier alpha value is -10.4. The molecule has 5 N–H and O–H groups in total. The number of aromatic nitrogens is 16. The molecule has 0 amide bonds. The molecule has 12 aromatic rings. The number of carbonyl (C=O) groups is 5. The quantitative estimate of drug-likeness (QED) is 0.0396. The Bertz CT molecular complexity index is 4960. The number of nitrogens with two attached hydrogens (primary N) is 1. The number of carboxylic acid groups (broad SMARTS) is 1. The number of fused-ring (bicyclic) bond motifs is 5. The van der Waals surface area contributed by atoms with Crippen LogP contribution in [0.25, 0.3) is 28.2 Å². The Labute approximate surface area is 600 Å². The molecule has 1 atom stereocenters. The van der Waals surface area contributed by atoms with Crippen LogP contribution >= 0.6 is 46.1 Å². The number of alkyl halides is 3. The van der Waals surface area contributed by atoms with Gasteiger partial charge in [0.2, 0.25) is 0 Å². The van der Waals surface area contributed by atoms with E-state index in [9.17, 15) is 37.1 Å². The number of halogens is 6. The molecule has 538 valence electrons. The third kappa shape index (κ3) is 19.1. The van der Waals surface area contributed by atoms with Crippen molar-refractivity contribution in [1.29, 1.82) is 0 Å². The minimum absolute atomic E-state index is 0.0585. The molecule has 0 aliphatic rings. The van der Waals surface area contributed by atoms with Crippen LogP contribution in [0.2, 0.25) is 15.5 Å². The van der Waals surface area contributed by atoms with E-state index in [1.54, 1.807) is 86.5 Å². The SMILES string of the molecule is CCOC(=O)c1cn2c(Cl)c(C)nc2cn1.CCOC(=O)c1cn2c(N)c(C)nc2cn1.CCOC(=O)c1cn2c(NC(C)(C)CC(C)(C)C)c(C)nc2cn1.Cc1nc2cnc(C(=O)CC(C)c3ncc(Nc4ccc(C(F)(F)F)cc4)s3)cn2c1Cl.Cc1nc2cnc(C(=O)O)cn2c1Cl. The van der Waals surface area contributed by atoms with E-state index in [0.717, 1.165) is 35.1 Å². The highest BCUT2D eigenvalue weighted by Crippen LogP contribution is 2.35. The first-order chi connectivity index (χ1) is 48.0. The van der Waals surface area contributed by atoms with Crippen LogP contribution in [0, 0.1) is 40.0 Å². The third-order valence-corrected chi connectivity index (χ3v) is 17.1. The maximum atomic E-state index is 12.7. The van der Waals surface area contributed by atoms with Gasteiger partial charge >= 0.3 is 30.1 Å². The van der Waals surface area contributed by atoms with Crippen LogP contribution in [0.4, 0.5) is 35.5 Å². The highest BCUT2D eigenvalue weighted by atomic mass is 35.5. The van der Waals surface area contributed by atoms with Gasteiger partial charge in [-0.1, -0.05) is 62.5 Å². The Kier molecular flexibility index (Phi) is 24.6. The monoisotopic (exact) mass is 1480 g/mol. The third-order valence-electron chi connectivity index (χ3n) is 14.5. The highest BCUT2D eigenvalue weighted by Gasteiger charge is 2.31. The average molecular weight is 1480 g/mol. The van der Waals surface area contributed by atoms with Crippen LogP contribution in [0.3, 0.4) is 0 Å². The van der Waals surface area contributed by atoms with Crippen molar-refractivity contribution in [3.05, 3.63) is 175 Å². The van der Waals surface area contributed by atoms with Gasteiger partial charge in [0, 0.05) is 54.5 Å². The van der Waals surface area contributed by atoms with E-state index < -0.39 is 35.6 Å². The fourth-order valence-corrected chi connectivity index (χ4v) is 11.7. The predicted octanol–water partition coefficient (Wildman–Crippen LogP) is 14.2. The van der Waals surface area contributed by atoms with Crippen LogP contribution in [0.1, 0.15) is 173 Å². The molecule has 12 rings (SSSR count). The molecule has 0 saturated carbocycles. The Morgan fingerprint density at radius 2 is 0.931 bits per heavy atom. The van der Waals surface area contributed by atoms with Gasteiger partial charge in [0.05, 0.1) is 96.0 Å². The number of anilines is 4. The molecule has 0 aliphatic heterocycles. The lowest BCUT2D eigenvalue weighted by Gasteiger charge is -2.34. The molecule has 28 nitrogen and oxygen atoms in total. The molecular weight excluding hydrogens is 1410 g/mol. The molecule has 0 radical (unpaired) electrons. The van der Waals surface area contributed by atoms with Gasteiger partial charge < -0.3 is 35.7 Å². The van der Waals surface area contributed by atoms with E-state index >= 15 is 0 Å². The molecule has 102 heavy (non-hydrogen) atoms. The lowest BCUT2D eigenvalue weighted by Crippen LogP contribution is -2.36. The fourth-order valence-electron chi connectivity index (χ4n) is 10.2. The van der Waals surface area contributed by atoms with E-state index in [1.165, 1.54) is 71.2 Å². The first kappa shape index (κ1) is 77.3. The normalized spacial score (nSPS) is 11.8. The second-order valence-corrected chi connectivity index (χ2v) is 26.7. The first-order valence-electron chi connectivity index (χ1n) is 31.4. The Morgan fingerprint density at radius 3 is 1.37 bits per heavy atom. The van der Waals surface area contributed by atoms with Crippen LogP contribution in [-0.4, -0.2) is 137 Å². The summed E-state index contributed by atoms with van der Waals surface area (Å²) in [6.07, 6.45) is 13.5. The number of carboxylic acids is 1. The van der Waals surface area contributed by atoms with Crippen LogP contribution < -0.4 is 16.4 Å². The summed E-state index contributed by atoms with van der Waals surface area (Å²) in [5, 5.41) is 18.0. The zero-order valence-electron chi connectivity index (χ0n) is 57.9. The van der Waals surface area contributed by atoms with Gasteiger partial charge in [-0.25, -0.2) is 74.0 Å². The van der Waals surface area contributed by atoms with Crippen molar-refractivity contribution in [3.8, 4) is 0 Å². The number of ether oxygens (including phenoxy) is 3. The van der Waals surface area contributed by atoms with E-state index in [-0.39, 0.29) is 57.5 Å². The van der Waals surface area contributed by atoms with Crippen LogP contribution in [0.5, 0.6) is 0 Å². The lowest BCUT2D eigenvalue weighted by atomic mass is 9.82. The molecule has 0 spiro atoms. The van der Waals surface area contributed by atoms with Crippen molar-refractivity contribution in [2.75, 3.05) is 36.2 Å². The molecule has 0 fully saturated rings. The summed E-state index contributed by atoms with van der Waals surface area (Å²) >= 11 is 19.5. The number of hydrogen-bond donors (Lipinski definition) is 4. The van der Waals surface area contributed by atoms with Gasteiger partial charge in [0.15, 0.2) is 56.8 Å². The topological polar surface area (TPSA) is 347 Å². The average Bonchev–Trinajstić information content (AvgIpc) is 1.65. The van der Waals surface area contributed by atoms with Gasteiger partial charge in [-0.2, -0.15) is 13.2 Å². The standard InChI is InChI=1S/C21H17ClF3N5OS.C18H28N4O2.C10H10ClN3O2.C10H12N4O2.C8H6ClN3O2/c1-11(7-16(31)15-10-30-17(8-26-15)28-12(2)19(30)22)20-27-9-18(32-20)29-14-5-3-13(4-6-14)21(23,24)25;1-8-24-16(23)13-10-22-14(9-19-13)20-12(2)15(22)21-18(6,7)11-17(3,4)5;2*1-3-16-10(15)7-5-14-8(4-12-7)13-6(2)9(14)11;1-4-7(9)12-3-5(8(13)14)10-2-6(12)11-4/h3-6,8-11,29H,7H2,1-2H3;9-10,21H,8,11H2,1-7H3;4-5H,3H2,1-2H3;4-5H,3,11H2,1-2H3;2-3H,1H3,(H,13,14). The molecule has 0 bridgehead atoms. The van der Waals surface area contributed by atoms with Crippen molar-refractivity contribution in [1.82, 2.24) is 76.8 Å². The number of esters is 3. The Balaban J connectivity index is 0.000000168. The predicted molar refractivity (Wildman–Crippen MR) is 379 cm³/mol. The molecule has 1 unspecified atom stereocenters. The summed E-state index contributed by atoms with van der Waals surface area (Å²) in [4.78, 5) is 104. The summed E-state index contributed by atoms with van der Waals surface area (Å²) in [6.45, 7) is 28.2. The van der Waals surface area contributed by atoms with Gasteiger partial charge in [-0.05, 0) is 105 Å². The number of ketones is 1. The zero-order chi connectivity index (χ0) is 74.9. The van der Waals surface area contributed by atoms with E-state index in [4.69, 9.17) is 59.9 Å². The molecule has 11 aromatic heterocycles. The number of aromatic carboxylic acids is 1. The molecule has 1 aromatic carbocycles. The molecule has 0 aliphatic carbocycles. The van der Waals surface area contributed by atoms with Crippen LogP contribution in [0.15, 0.2) is 92.4 Å². The number of Topliss-reactive ketones (excluding diaryl/α,β-unsaturated/α-hetero) is 1. The van der Waals surface area contributed by atoms with Gasteiger partial charge in [-0.3, -0.25) is 26.8 Å². The second-order valence-electron chi connectivity index (χ2n) is 24.6. The molecule has 11 heterocycles. The maximum Gasteiger partial charge on any atom is 0.416 e. The smallest absolute Gasteiger partial charge is 0.416 e. The van der Waals surface area contributed by atoms with E-state index in [0.29, 0.717) is 103 Å². The van der Waals surface area contributed by atoms with Crippen molar-refractivity contribution < 1.29 is 56.5 Å². The number of nitrogens with zero attached hydrogens (tertiary/aromatic N) is 16. The molecule has 35 heteroatoms. The minimum Gasteiger partial charge on any atom is -0.476 e. The first-order valence-corrected chi connectivity index (χ1v) is 33.4. The van der Waals surface area contributed by atoms with Crippen molar-refractivity contribution >= 4 is 126 Å². The van der Waals surface area contributed by atoms with E-state index in [2.05, 4.69) is 100 Å². The highest BCUT2D eigenvalue weighted by molar-refractivity contribution is 7.15. The number of aryl methyl sites for hydroxylation is 5. The summed E-state index contributed by atoms with van der Waals surface area (Å²) in [5.74, 6) is -1.39. The van der Waals surface area contributed by atoms with Gasteiger partial charge in [-0.15, -0.1) is 11.3 Å². The summed E-state index contributed by atoms with van der Waals surface area (Å²) < 4.78 is 61.0. The number of hydrogen-bond acceptors (Lipinski definition) is 23. The number of carbonyl (C=O) groups excluding carboxylic acids is 4. The molecule has 0 saturated heterocycles. The minimum atomic E-state index is -4.38. The second kappa shape index (κ2) is 32.5. The summed E-state index contributed by atoms with van der Waals surface area (Å²) in [6, 6.07) is 4.76. The summed E-state index contributed by atoms with van der Waals surface area (Å²) in [5.41, 5.74) is 13.2. The Morgan fingerprint density at radius 1 is 0.549 bits per heavy atom. The number of nitrogen functional groups attached to an aromatic ring is 1. The number of nitrogens with one attached hydrogen (secondary N) is 2. The van der Waals surface area contributed by atoms with Crippen molar-refractivity contribution in [2.45, 2.75) is 127 Å². The van der Waals surface area contributed by atoms with Gasteiger partial charge in [0.25, 0.3) is 0 Å². The van der Waals surface area contributed by atoms with Crippen LogP contribution in [-0.2, 0) is 20.4 Å². The van der Waals surface area contributed by atoms with E-state index in [1.807, 2.05) is 18.2 Å². The largest absolute Gasteiger partial charge is 0.476 e. The lowest BCUT2D eigenvalue weighted by molar-refractivity contribution is -0.137.